The molecule has 0 amide bonds. The maximum atomic E-state index is 11.4. The Kier molecular flexibility index (Phi) is 5.98. The molecule has 1 aromatic carbocycles. The van der Waals surface area contributed by atoms with Gasteiger partial charge in [-0.1, -0.05) is 44.2 Å². The van der Waals surface area contributed by atoms with Gasteiger partial charge in [-0.3, -0.25) is 4.79 Å². The molecule has 0 aromatic heterocycles. The van der Waals surface area contributed by atoms with Crippen molar-refractivity contribution in [3.63, 3.8) is 0 Å². The molecule has 1 saturated heterocycles. The molecule has 0 spiro atoms. The van der Waals surface area contributed by atoms with E-state index in [4.69, 9.17) is 14.2 Å². The molecular formula is C18H26O4. The predicted octanol–water partition coefficient (Wildman–Crippen LogP) is 3.34. The van der Waals surface area contributed by atoms with Crippen LogP contribution < -0.4 is 0 Å². The molecule has 1 heterocycles. The second kappa shape index (κ2) is 7.75. The minimum Gasteiger partial charge on any atom is -0.457 e. The second-order valence-corrected chi connectivity index (χ2v) is 5.98. The number of benzene rings is 1. The lowest BCUT2D eigenvalue weighted by atomic mass is 9.87. The fourth-order valence-corrected chi connectivity index (χ4v) is 3.09. The number of ether oxygens (including phenoxy) is 3. The number of hydrogen-bond donors (Lipinski definition) is 0. The maximum Gasteiger partial charge on any atom is 0.303 e. The summed E-state index contributed by atoms with van der Waals surface area (Å²) >= 11 is 0. The molecule has 4 nitrogen and oxygen atoms in total. The van der Waals surface area contributed by atoms with Gasteiger partial charge < -0.3 is 14.2 Å². The number of carbonyl (C=O) groups is 1. The quantitative estimate of drug-likeness (QED) is 0.783. The minimum atomic E-state index is -0.362. The third-order valence-electron chi connectivity index (χ3n) is 4.27. The Balaban J connectivity index is 2.10. The Hall–Kier alpha value is -1.39. The molecule has 0 aliphatic carbocycles. The lowest BCUT2D eigenvalue weighted by Gasteiger charge is -2.44. The van der Waals surface area contributed by atoms with Crippen molar-refractivity contribution in [2.75, 3.05) is 0 Å². The summed E-state index contributed by atoms with van der Waals surface area (Å²) < 4.78 is 17.6. The molecule has 2 rings (SSSR count). The van der Waals surface area contributed by atoms with E-state index in [1.807, 2.05) is 37.3 Å². The van der Waals surface area contributed by atoms with Crippen LogP contribution in [0.5, 0.6) is 0 Å². The SMILES string of the molecule is CCC1O[C@H](C)C(OC(C)=O)[C@H](OCc2ccccc2)[C@@H]1C. The fourth-order valence-electron chi connectivity index (χ4n) is 3.09. The van der Waals surface area contributed by atoms with Crippen molar-refractivity contribution in [2.45, 2.75) is 65.1 Å². The van der Waals surface area contributed by atoms with E-state index < -0.39 is 0 Å². The first-order valence-electron chi connectivity index (χ1n) is 8.01. The molecule has 1 aromatic rings. The molecule has 0 bridgehead atoms. The number of esters is 1. The van der Waals surface area contributed by atoms with Crippen molar-refractivity contribution in [2.24, 2.45) is 5.92 Å². The molecule has 2 unspecified atom stereocenters. The van der Waals surface area contributed by atoms with Crippen LogP contribution in [0.1, 0.15) is 39.7 Å². The van der Waals surface area contributed by atoms with E-state index >= 15 is 0 Å². The zero-order valence-corrected chi connectivity index (χ0v) is 13.8. The molecule has 0 N–H and O–H groups in total. The molecule has 22 heavy (non-hydrogen) atoms. The molecule has 122 valence electrons. The normalized spacial score (nSPS) is 31.7. The van der Waals surface area contributed by atoms with Crippen LogP contribution in [0.2, 0.25) is 0 Å². The van der Waals surface area contributed by atoms with Gasteiger partial charge in [0, 0.05) is 12.8 Å². The summed E-state index contributed by atoms with van der Waals surface area (Å²) in [6.45, 7) is 8.09. The third-order valence-corrected chi connectivity index (χ3v) is 4.27. The average Bonchev–Trinajstić information content (AvgIpc) is 2.50. The topological polar surface area (TPSA) is 44.8 Å². The van der Waals surface area contributed by atoms with E-state index in [1.165, 1.54) is 6.92 Å². The van der Waals surface area contributed by atoms with Crippen molar-refractivity contribution >= 4 is 5.97 Å². The van der Waals surface area contributed by atoms with E-state index in [2.05, 4.69) is 13.8 Å². The smallest absolute Gasteiger partial charge is 0.303 e. The first-order chi connectivity index (χ1) is 10.5. The minimum absolute atomic E-state index is 0.127. The number of carbonyl (C=O) groups excluding carboxylic acids is 1. The fraction of sp³-hybridized carbons (Fsp3) is 0.611. The summed E-state index contributed by atoms with van der Waals surface area (Å²) in [6, 6.07) is 10.0. The zero-order chi connectivity index (χ0) is 16.1. The summed E-state index contributed by atoms with van der Waals surface area (Å²) in [6.07, 6.45) is 0.369. The molecule has 1 aliphatic rings. The van der Waals surface area contributed by atoms with E-state index in [0.717, 1.165) is 12.0 Å². The maximum absolute atomic E-state index is 11.4. The number of hydrogen-bond acceptors (Lipinski definition) is 4. The molecule has 1 fully saturated rings. The highest BCUT2D eigenvalue weighted by Crippen LogP contribution is 2.32. The van der Waals surface area contributed by atoms with Gasteiger partial charge >= 0.3 is 5.97 Å². The second-order valence-electron chi connectivity index (χ2n) is 5.98. The largest absolute Gasteiger partial charge is 0.457 e. The van der Waals surface area contributed by atoms with Crippen molar-refractivity contribution in [1.29, 1.82) is 0 Å². The molecule has 1 aliphatic heterocycles. The Bertz CT molecular complexity index is 473. The monoisotopic (exact) mass is 306 g/mol. The van der Waals surface area contributed by atoms with Gasteiger partial charge in [0.1, 0.15) is 6.10 Å². The van der Waals surface area contributed by atoms with Crippen LogP contribution in [0.25, 0.3) is 0 Å². The summed E-state index contributed by atoms with van der Waals surface area (Å²) in [5.41, 5.74) is 1.11. The van der Waals surface area contributed by atoms with Crippen LogP contribution in [-0.4, -0.2) is 30.4 Å². The van der Waals surface area contributed by atoms with E-state index in [9.17, 15) is 4.79 Å². The predicted molar refractivity (Wildman–Crippen MR) is 84.4 cm³/mol. The molecule has 0 saturated carbocycles. The van der Waals surface area contributed by atoms with Crippen molar-refractivity contribution in [3.8, 4) is 0 Å². The van der Waals surface area contributed by atoms with Crippen molar-refractivity contribution < 1.29 is 19.0 Å². The Morgan fingerprint density at radius 3 is 2.45 bits per heavy atom. The van der Waals surface area contributed by atoms with E-state index in [1.54, 1.807) is 0 Å². The molecular weight excluding hydrogens is 280 g/mol. The van der Waals surface area contributed by atoms with Crippen molar-refractivity contribution in [1.82, 2.24) is 0 Å². The van der Waals surface area contributed by atoms with Gasteiger partial charge in [0.25, 0.3) is 0 Å². The Morgan fingerprint density at radius 1 is 1.18 bits per heavy atom. The first kappa shape index (κ1) is 17.0. The summed E-state index contributed by atoms with van der Waals surface area (Å²) in [5.74, 6) is -0.120. The average molecular weight is 306 g/mol. The van der Waals surface area contributed by atoms with Gasteiger partial charge in [0.15, 0.2) is 6.10 Å². The summed E-state index contributed by atoms with van der Waals surface area (Å²) in [4.78, 5) is 11.4. The molecule has 4 heteroatoms. The van der Waals surface area contributed by atoms with Crippen LogP contribution in [0.4, 0.5) is 0 Å². The van der Waals surface area contributed by atoms with Crippen LogP contribution in [0.3, 0.4) is 0 Å². The highest BCUT2D eigenvalue weighted by molar-refractivity contribution is 5.66. The lowest BCUT2D eigenvalue weighted by molar-refractivity contribution is -0.222. The van der Waals surface area contributed by atoms with Gasteiger partial charge in [-0.05, 0) is 18.9 Å². The third kappa shape index (κ3) is 4.08. The van der Waals surface area contributed by atoms with Crippen molar-refractivity contribution in [3.05, 3.63) is 35.9 Å². The van der Waals surface area contributed by atoms with Crippen LogP contribution in [-0.2, 0) is 25.6 Å². The van der Waals surface area contributed by atoms with Gasteiger partial charge in [-0.25, -0.2) is 0 Å². The van der Waals surface area contributed by atoms with Gasteiger partial charge in [-0.2, -0.15) is 0 Å². The summed E-state index contributed by atoms with van der Waals surface area (Å²) in [7, 11) is 0. The van der Waals surface area contributed by atoms with Gasteiger partial charge in [0.2, 0.25) is 0 Å². The Morgan fingerprint density at radius 2 is 1.86 bits per heavy atom. The van der Waals surface area contributed by atoms with E-state index in [0.29, 0.717) is 6.61 Å². The highest BCUT2D eigenvalue weighted by Gasteiger charge is 2.43. The summed E-state index contributed by atoms with van der Waals surface area (Å²) in [5, 5.41) is 0. The van der Waals surface area contributed by atoms with Gasteiger partial charge in [-0.15, -0.1) is 0 Å². The van der Waals surface area contributed by atoms with E-state index in [-0.39, 0.29) is 36.3 Å². The van der Waals surface area contributed by atoms with Gasteiger partial charge in [0.05, 0.1) is 18.8 Å². The molecule has 0 radical (unpaired) electrons. The van der Waals surface area contributed by atoms with Crippen LogP contribution >= 0.6 is 0 Å². The lowest BCUT2D eigenvalue weighted by Crippen LogP contribution is -2.54. The first-order valence-corrected chi connectivity index (χ1v) is 8.01. The Labute approximate surface area is 132 Å². The highest BCUT2D eigenvalue weighted by atomic mass is 16.6. The molecule has 5 atom stereocenters. The van der Waals surface area contributed by atoms with Crippen LogP contribution in [0, 0.1) is 5.92 Å². The zero-order valence-electron chi connectivity index (χ0n) is 13.8. The van der Waals surface area contributed by atoms with Crippen LogP contribution in [0.15, 0.2) is 30.3 Å². The standard InChI is InChI=1S/C18H26O4/c1-5-16-12(2)17(18(13(3)21-16)22-14(4)19)20-11-15-9-7-6-8-10-15/h6-10,12-13,16-18H,5,11H2,1-4H3/t12-,13-,16?,17-,18?/m1/s1. The number of rotatable bonds is 5.